The van der Waals surface area contributed by atoms with Crippen molar-refractivity contribution in [3.8, 4) is 0 Å². The van der Waals surface area contributed by atoms with Gasteiger partial charge in [0, 0.05) is 25.4 Å². The quantitative estimate of drug-likeness (QED) is 0.768. The molecule has 3 atom stereocenters. The average molecular weight is 217 g/mol. The van der Waals surface area contributed by atoms with E-state index in [4.69, 9.17) is 4.74 Å². The van der Waals surface area contributed by atoms with Crippen LogP contribution in [0.4, 0.5) is 5.69 Å². The maximum Gasteiger partial charge on any atom is 0.0500 e. The smallest absolute Gasteiger partial charge is 0.0500 e. The van der Waals surface area contributed by atoms with Gasteiger partial charge in [-0.3, -0.25) is 0 Å². The van der Waals surface area contributed by atoms with E-state index in [0.29, 0.717) is 0 Å². The second-order valence-corrected chi connectivity index (χ2v) is 4.89. The van der Waals surface area contributed by atoms with Crippen LogP contribution in [0.3, 0.4) is 0 Å². The lowest BCUT2D eigenvalue weighted by Crippen LogP contribution is -2.24. The van der Waals surface area contributed by atoms with Crippen LogP contribution in [0.25, 0.3) is 0 Å². The molecular formula is C14H19NO. The summed E-state index contributed by atoms with van der Waals surface area (Å²) >= 11 is 0. The maximum atomic E-state index is 5.52. The Balaban J connectivity index is 1.55. The fourth-order valence-corrected chi connectivity index (χ4v) is 3.00. The van der Waals surface area contributed by atoms with Crippen molar-refractivity contribution in [3.63, 3.8) is 0 Å². The Kier molecular flexibility index (Phi) is 2.60. The van der Waals surface area contributed by atoms with Gasteiger partial charge in [0.15, 0.2) is 0 Å². The number of ether oxygens (including phenoxy) is 1. The minimum absolute atomic E-state index is 0.847. The molecule has 2 heteroatoms. The van der Waals surface area contributed by atoms with Crippen LogP contribution in [0.1, 0.15) is 6.92 Å². The average Bonchev–Trinajstić information content (AvgIpc) is 2.79. The molecule has 86 valence electrons. The first kappa shape index (κ1) is 10.2. The molecule has 1 saturated heterocycles. The van der Waals surface area contributed by atoms with Crippen LogP contribution in [0.2, 0.25) is 0 Å². The highest BCUT2D eigenvalue weighted by Crippen LogP contribution is 2.52. The number of benzene rings is 1. The number of piperidine rings is 1. The number of nitrogens with zero attached hydrogens (tertiary/aromatic N) is 1. The van der Waals surface area contributed by atoms with E-state index in [1.807, 2.05) is 0 Å². The molecule has 0 bridgehead atoms. The Morgan fingerprint density at radius 1 is 1.19 bits per heavy atom. The molecule has 2 fully saturated rings. The Labute approximate surface area is 97.2 Å². The molecule has 1 unspecified atom stereocenters. The molecule has 0 radical (unpaired) electrons. The van der Waals surface area contributed by atoms with Gasteiger partial charge in [0.05, 0.1) is 6.61 Å². The summed E-state index contributed by atoms with van der Waals surface area (Å²) in [6, 6.07) is 10.7. The predicted molar refractivity (Wildman–Crippen MR) is 65.6 cm³/mol. The van der Waals surface area contributed by atoms with E-state index in [1.165, 1.54) is 18.8 Å². The largest absolute Gasteiger partial charge is 0.381 e. The number of hydrogen-bond acceptors (Lipinski definition) is 2. The van der Waals surface area contributed by atoms with Gasteiger partial charge in [0.25, 0.3) is 0 Å². The third-order valence-corrected chi connectivity index (χ3v) is 4.01. The minimum atomic E-state index is 0.847. The topological polar surface area (TPSA) is 12.5 Å². The lowest BCUT2D eigenvalue weighted by Gasteiger charge is -2.21. The van der Waals surface area contributed by atoms with Gasteiger partial charge in [-0.25, -0.2) is 0 Å². The van der Waals surface area contributed by atoms with Crippen LogP contribution in [-0.2, 0) is 4.74 Å². The highest BCUT2D eigenvalue weighted by molar-refractivity contribution is 5.48. The first-order valence-electron chi connectivity index (χ1n) is 6.28. The van der Waals surface area contributed by atoms with Crippen LogP contribution in [0, 0.1) is 17.8 Å². The summed E-state index contributed by atoms with van der Waals surface area (Å²) in [5.74, 6) is 2.64. The number of anilines is 1. The van der Waals surface area contributed by atoms with Crippen LogP contribution in [-0.4, -0.2) is 26.3 Å². The Bertz CT molecular complexity index is 339. The zero-order chi connectivity index (χ0) is 11.0. The van der Waals surface area contributed by atoms with Gasteiger partial charge in [0.1, 0.15) is 0 Å². The van der Waals surface area contributed by atoms with Gasteiger partial charge >= 0.3 is 0 Å². The van der Waals surface area contributed by atoms with Gasteiger partial charge in [-0.15, -0.1) is 0 Å². The van der Waals surface area contributed by atoms with Crippen molar-refractivity contribution < 1.29 is 4.74 Å². The zero-order valence-corrected chi connectivity index (χ0v) is 9.80. The monoisotopic (exact) mass is 217 g/mol. The fraction of sp³-hybridized carbons (Fsp3) is 0.571. The summed E-state index contributed by atoms with van der Waals surface area (Å²) in [6.07, 6.45) is 0. The highest BCUT2D eigenvalue weighted by atomic mass is 16.5. The zero-order valence-electron chi connectivity index (χ0n) is 9.80. The molecular weight excluding hydrogens is 198 g/mol. The lowest BCUT2D eigenvalue weighted by molar-refractivity contribution is 0.129. The molecule has 0 aromatic heterocycles. The van der Waals surface area contributed by atoms with E-state index in [-0.39, 0.29) is 0 Å². The molecule has 1 aromatic carbocycles. The number of rotatable bonds is 4. The normalized spacial score (nSPS) is 31.6. The SMILES string of the molecule is CCOCC1[C@H]2CN(c3ccccc3)C[C@@H]12. The molecule has 1 aliphatic heterocycles. The summed E-state index contributed by atoms with van der Waals surface area (Å²) in [5.41, 5.74) is 1.38. The van der Waals surface area contributed by atoms with Crippen LogP contribution in [0.15, 0.2) is 30.3 Å². The molecule has 1 heterocycles. The molecule has 2 aliphatic rings. The van der Waals surface area contributed by atoms with Gasteiger partial charge in [-0.1, -0.05) is 18.2 Å². The molecule has 1 aliphatic carbocycles. The fourth-order valence-electron chi connectivity index (χ4n) is 3.00. The maximum absolute atomic E-state index is 5.52. The van der Waals surface area contributed by atoms with E-state index in [2.05, 4.69) is 42.2 Å². The first-order valence-corrected chi connectivity index (χ1v) is 6.28. The van der Waals surface area contributed by atoms with Crippen molar-refractivity contribution in [1.82, 2.24) is 0 Å². The predicted octanol–water partition coefficient (Wildman–Crippen LogP) is 2.41. The van der Waals surface area contributed by atoms with Gasteiger partial charge in [0.2, 0.25) is 0 Å². The van der Waals surface area contributed by atoms with Crippen molar-refractivity contribution in [3.05, 3.63) is 30.3 Å². The second-order valence-electron chi connectivity index (χ2n) is 4.89. The van der Waals surface area contributed by atoms with Gasteiger partial charge < -0.3 is 9.64 Å². The number of hydrogen-bond donors (Lipinski definition) is 0. The standard InChI is InChI=1S/C14H19NO/c1-2-16-10-14-12-8-15(9-13(12)14)11-6-4-3-5-7-11/h3-7,12-14H,2,8-10H2,1H3/t12-,13+,14?. The molecule has 0 spiro atoms. The summed E-state index contributed by atoms with van der Waals surface area (Å²) in [7, 11) is 0. The Morgan fingerprint density at radius 3 is 2.50 bits per heavy atom. The van der Waals surface area contributed by atoms with E-state index in [9.17, 15) is 0 Å². The van der Waals surface area contributed by atoms with E-state index in [0.717, 1.165) is 31.0 Å². The lowest BCUT2D eigenvalue weighted by atomic mass is 10.2. The molecule has 1 aromatic rings. The van der Waals surface area contributed by atoms with Crippen molar-refractivity contribution in [1.29, 1.82) is 0 Å². The molecule has 0 amide bonds. The third-order valence-electron chi connectivity index (χ3n) is 4.01. The van der Waals surface area contributed by atoms with Crippen molar-refractivity contribution in [2.24, 2.45) is 17.8 Å². The molecule has 16 heavy (non-hydrogen) atoms. The van der Waals surface area contributed by atoms with E-state index in [1.54, 1.807) is 0 Å². The summed E-state index contributed by atoms with van der Waals surface area (Å²) in [4.78, 5) is 2.51. The van der Waals surface area contributed by atoms with Crippen LogP contribution >= 0.6 is 0 Å². The first-order chi connectivity index (χ1) is 7.90. The van der Waals surface area contributed by atoms with Crippen molar-refractivity contribution in [2.75, 3.05) is 31.2 Å². The molecule has 1 saturated carbocycles. The summed E-state index contributed by atoms with van der Waals surface area (Å²) in [6.45, 7) is 6.38. The van der Waals surface area contributed by atoms with Crippen molar-refractivity contribution >= 4 is 5.69 Å². The van der Waals surface area contributed by atoms with Crippen LogP contribution < -0.4 is 4.90 Å². The molecule has 2 nitrogen and oxygen atoms in total. The number of para-hydroxylation sites is 1. The Hall–Kier alpha value is -1.02. The van der Waals surface area contributed by atoms with Crippen LogP contribution in [0.5, 0.6) is 0 Å². The summed E-state index contributed by atoms with van der Waals surface area (Å²) in [5, 5.41) is 0. The van der Waals surface area contributed by atoms with Gasteiger partial charge in [-0.2, -0.15) is 0 Å². The van der Waals surface area contributed by atoms with Crippen molar-refractivity contribution in [2.45, 2.75) is 6.92 Å². The molecule has 0 N–H and O–H groups in total. The number of fused-ring (bicyclic) bond motifs is 1. The highest BCUT2D eigenvalue weighted by Gasteiger charge is 2.55. The third kappa shape index (κ3) is 1.71. The van der Waals surface area contributed by atoms with E-state index >= 15 is 0 Å². The van der Waals surface area contributed by atoms with E-state index < -0.39 is 0 Å². The molecule has 3 rings (SSSR count). The van der Waals surface area contributed by atoms with Gasteiger partial charge in [-0.05, 0) is 36.8 Å². The minimum Gasteiger partial charge on any atom is -0.381 e. The second kappa shape index (κ2) is 4.10. The Morgan fingerprint density at radius 2 is 1.88 bits per heavy atom. The summed E-state index contributed by atoms with van der Waals surface area (Å²) < 4.78 is 5.52.